The molecule has 0 spiro atoms. The lowest BCUT2D eigenvalue weighted by Gasteiger charge is -2.27. The molecule has 0 radical (unpaired) electrons. The van der Waals surface area contributed by atoms with Crippen LogP contribution in [0.3, 0.4) is 0 Å². The summed E-state index contributed by atoms with van der Waals surface area (Å²) in [5, 5.41) is 27.0. The second-order valence-corrected chi connectivity index (χ2v) is 10.6. The Kier molecular flexibility index (Phi) is 12.3. The predicted octanol–water partition coefficient (Wildman–Crippen LogP) is 0.851. The number of nitrogens with two attached hydrogens (primary N) is 1. The zero-order chi connectivity index (χ0) is 29.1. The maximum atomic E-state index is 13.5. The van der Waals surface area contributed by atoms with Gasteiger partial charge in [-0.2, -0.15) is 11.8 Å². The number of carboxylic acid groups (broad SMARTS) is 2. The molecule has 0 saturated carbocycles. The minimum atomic E-state index is -1.17. The predicted molar refractivity (Wildman–Crippen MR) is 148 cm³/mol. The molecule has 2 rings (SSSR count). The van der Waals surface area contributed by atoms with Crippen LogP contribution in [0.2, 0.25) is 0 Å². The van der Waals surface area contributed by atoms with Crippen LogP contribution >= 0.6 is 11.8 Å². The van der Waals surface area contributed by atoms with Crippen molar-refractivity contribution in [2.24, 2.45) is 11.7 Å². The van der Waals surface area contributed by atoms with Gasteiger partial charge >= 0.3 is 11.9 Å². The van der Waals surface area contributed by atoms with Gasteiger partial charge < -0.3 is 36.9 Å². The van der Waals surface area contributed by atoms with Crippen molar-refractivity contribution in [2.45, 2.75) is 63.7 Å². The number of para-hydroxylation sites is 1. The lowest BCUT2D eigenvalue weighted by molar-refractivity contribution is -0.142. The van der Waals surface area contributed by atoms with Crippen molar-refractivity contribution in [1.82, 2.24) is 20.9 Å². The summed E-state index contributed by atoms with van der Waals surface area (Å²) in [5.74, 6) is -4.17. The van der Waals surface area contributed by atoms with Gasteiger partial charge in [0.2, 0.25) is 17.7 Å². The number of aromatic nitrogens is 1. The fourth-order valence-corrected chi connectivity index (χ4v) is 4.43. The summed E-state index contributed by atoms with van der Waals surface area (Å²) in [6, 6.07) is 2.93. The minimum Gasteiger partial charge on any atom is -0.481 e. The molecule has 13 heteroatoms. The number of fused-ring (bicyclic) bond motifs is 1. The van der Waals surface area contributed by atoms with E-state index in [4.69, 9.17) is 10.8 Å². The monoisotopic (exact) mass is 563 g/mol. The number of carboxylic acids is 2. The van der Waals surface area contributed by atoms with Gasteiger partial charge in [-0.15, -0.1) is 0 Å². The first-order valence-corrected chi connectivity index (χ1v) is 14.0. The van der Waals surface area contributed by atoms with Crippen LogP contribution in [-0.4, -0.2) is 81.0 Å². The van der Waals surface area contributed by atoms with Crippen LogP contribution in [0.25, 0.3) is 10.9 Å². The van der Waals surface area contributed by atoms with E-state index < -0.39 is 59.7 Å². The average Bonchev–Trinajstić information content (AvgIpc) is 3.29. The molecule has 2 aromatic rings. The number of thioether (sulfide) groups is 1. The second kappa shape index (κ2) is 15.1. The van der Waals surface area contributed by atoms with Crippen molar-refractivity contribution in [3.8, 4) is 0 Å². The maximum Gasteiger partial charge on any atom is 0.326 e. The molecule has 0 saturated heterocycles. The Hall–Kier alpha value is -3.58. The number of rotatable bonds is 16. The molecule has 1 aromatic carbocycles. The van der Waals surface area contributed by atoms with Crippen LogP contribution in [0, 0.1) is 5.92 Å². The molecular formula is C26H37N5O7S. The number of H-pyrrole nitrogens is 1. The maximum absolute atomic E-state index is 13.5. The van der Waals surface area contributed by atoms with E-state index in [-0.39, 0.29) is 25.7 Å². The smallest absolute Gasteiger partial charge is 0.326 e. The fraction of sp³-hybridized carbons (Fsp3) is 0.500. The summed E-state index contributed by atoms with van der Waals surface area (Å²) in [4.78, 5) is 64.9. The van der Waals surface area contributed by atoms with E-state index in [0.29, 0.717) is 5.75 Å². The number of aromatic amines is 1. The van der Waals surface area contributed by atoms with Crippen molar-refractivity contribution in [3.63, 3.8) is 0 Å². The third-order valence-corrected chi connectivity index (χ3v) is 6.85. The molecule has 0 fully saturated rings. The van der Waals surface area contributed by atoms with Crippen molar-refractivity contribution < 1.29 is 34.2 Å². The number of hydrogen-bond acceptors (Lipinski definition) is 7. The molecule has 0 aliphatic carbocycles. The molecular weight excluding hydrogens is 526 g/mol. The van der Waals surface area contributed by atoms with Gasteiger partial charge in [0.1, 0.15) is 18.1 Å². The summed E-state index contributed by atoms with van der Waals surface area (Å²) >= 11 is 1.45. The van der Waals surface area contributed by atoms with E-state index in [2.05, 4.69) is 20.9 Å². The molecule has 4 unspecified atom stereocenters. The second-order valence-electron chi connectivity index (χ2n) is 9.57. The van der Waals surface area contributed by atoms with E-state index in [9.17, 15) is 29.1 Å². The van der Waals surface area contributed by atoms with Crippen LogP contribution in [0.5, 0.6) is 0 Å². The molecule has 12 nitrogen and oxygen atoms in total. The summed E-state index contributed by atoms with van der Waals surface area (Å²) in [7, 11) is 0. The zero-order valence-corrected chi connectivity index (χ0v) is 23.0. The Morgan fingerprint density at radius 1 is 0.949 bits per heavy atom. The van der Waals surface area contributed by atoms with E-state index in [1.165, 1.54) is 11.8 Å². The minimum absolute atomic E-state index is 0.0607. The molecule has 4 atom stereocenters. The summed E-state index contributed by atoms with van der Waals surface area (Å²) in [6.45, 7) is 3.41. The lowest BCUT2D eigenvalue weighted by atomic mass is 10.00. The molecule has 0 bridgehead atoms. The highest BCUT2D eigenvalue weighted by Crippen LogP contribution is 2.19. The summed E-state index contributed by atoms with van der Waals surface area (Å²) in [6.07, 6.45) is 3.39. The highest BCUT2D eigenvalue weighted by molar-refractivity contribution is 7.98. The number of nitrogens with one attached hydrogen (secondary N) is 4. The molecule has 0 aliphatic rings. The van der Waals surface area contributed by atoms with Crippen molar-refractivity contribution in [3.05, 3.63) is 36.0 Å². The molecule has 8 N–H and O–H groups in total. The van der Waals surface area contributed by atoms with Gasteiger partial charge in [0.25, 0.3) is 0 Å². The van der Waals surface area contributed by atoms with Crippen molar-refractivity contribution in [1.29, 1.82) is 0 Å². The topological polar surface area (TPSA) is 204 Å². The molecule has 214 valence electrons. The van der Waals surface area contributed by atoms with Crippen molar-refractivity contribution >= 4 is 52.3 Å². The Bertz CT molecular complexity index is 1170. The highest BCUT2D eigenvalue weighted by atomic mass is 32.2. The van der Waals surface area contributed by atoms with Gasteiger partial charge in [-0.3, -0.25) is 19.2 Å². The standard InChI is InChI=1S/C26H37N5O7S/c1-14(2)22(25(36)29-19(26(37)38)10-11-39-3)31-24(35)20(30-23(34)17(27)8-9-21(32)33)12-15-13-28-18-7-5-4-6-16(15)18/h4-7,13-14,17,19-20,22,28H,8-12,27H2,1-3H3,(H,29,36)(H,30,34)(H,31,35)(H,32,33)(H,37,38). The Morgan fingerprint density at radius 3 is 2.23 bits per heavy atom. The Balaban J connectivity index is 2.26. The van der Waals surface area contributed by atoms with Crippen LogP contribution < -0.4 is 21.7 Å². The van der Waals surface area contributed by atoms with Gasteiger partial charge in [-0.25, -0.2) is 4.79 Å². The fourth-order valence-electron chi connectivity index (χ4n) is 3.96. The number of amides is 3. The summed E-state index contributed by atoms with van der Waals surface area (Å²) < 4.78 is 0. The molecule has 1 heterocycles. The Labute approximate surface area is 230 Å². The third kappa shape index (κ3) is 9.59. The average molecular weight is 564 g/mol. The lowest BCUT2D eigenvalue weighted by Crippen LogP contribution is -2.59. The van der Waals surface area contributed by atoms with E-state index in [1.54, 1.807) is 20.0 Å². The van der Waals surface area contributed by atoms with Gasteiger partial charge in [0.05, 0.1) is 6.04 Å². The number of carbonyl (C=O) groups is 5. The number of carbonyl (C=O) groups excluding carboxylic acids is 3. The first-order chi connectivity index (χ1) is 18.4. The SMILES string of the molecule is CSCCC(NC(=O)C(NC(=O)C(Cc1c[nH]c2ccccc12)NC(=O)C(N)CCC(=O)O)C(C)C)C(=O)O. The van der Waals surface area contributed by atoms with Crippen LogP contribution in [0.4, 0.5) is 0 Å². The van der Waals surface area contributed by atoms with Crippen LogP contribution in [0.15, 0.2) is 30.5 Å². The first-order valence-electron chi connectivity index (χ1n) is 12.6. The Morgan fingerprint density at radius 2 is 1.62 bits per heavy atom. The third-order valence-electron chi connectivity index (χ3n) is 6.21. The molecule has 1 aromatic heterocycles. The van der Waals surface area contributed by atoms with E-state index in [1.807, 2.05) is 30.5 Å². The quantitative estimate of drug-likeness (QED) is 0.154. The normalized spacial score (nSPS) is 14.3. The summed E-state index contributed by atoms with van der Waals surface area (Å²) in [5.41, 5.74) is 7.43. The van der Waals surface area contributed by atoms with Crippen LogP contribution in [0.1, 0.15) is 38.7 Å². The van der Waals surface area contributed by atoms with Gasteiger partial charge in [-0.05, 0) is 42.4 Å². The number of benzene rings is 1. The van der Waals surface area contributed by atoms with E-state index in [0.717, 1.165) is 16.5 Å². The molecule has 39 heavy (non-hydrogen) atoms. The highest BCUT2D eigenvalue weighted by Gasteiger charge is 2.32. The van der Waals surface area contributed by atoms with Crippen LogP contribution in [-0.2, 0) is 30.4 Å². The molecule has 0 aliphatic heterocycles. The van der Waals surface area contributed by atoms with Gasteiger partial charge in [0, 0.05) is 29.9 Å². The molecule has 3 amide bonds. The van der Waals surface area contributed by atoms with E-state index >= 15 is 0 Å². The first kappa shape index (κ1) is 31.6. The van der Waals surface area contributed by atoms with Gasteiger partial charge in [-0.1, -0.05) is 32.0 Å². The van der Waals surface area contributed by atoms with Crippen molar-refractivity contribution in [2.75, 3.05) is 12.0 Å². The number of aliphatic carboxylic acids is 2. The largest absolute Gasteiger partial charge is 0.481 e. The zero-order valence-electron chi connectivity index (χ0n) is 22.2. The number of hydrogen-bond donors (Lipinski definition) is 7. The van der Waals surface area contributed by atoms with Gasteiger partial charge in [0.15, 0.2) is 0 Å².